The monoisotopic (exact) mass is 423 g/mol. The fourth-order valence-corrected chi connectivity index (χ4v) is 3.62. The highest BCUT2D eigenvalue weighted by Gasteiger charge is 2.15. The van der Waals surface area contributed by atoms with Gasteiger partial charge in [-0.2, -0.15) is 0 Å². The van der Waals surface area contributed by atoms with E-state index in [-0.39, 0.29) is 5.82 Å². The number of benzene rings is 1. The van der Waals surface area contributed by atoms with Crippen LogP contribution in [0.4, 0.5) is 10.1 Å². The summed E-state index contributed by atoms with van der Waals surface area (Å²) in [5, 5.41) is 0. The molecule has 2 aromatic heterocycles. The van der Waals surface area contributed by atoms with Crippen LogP contribution >= 0.6 is 22.6 Å². The predicted octanol–water partition coefficient (Wildman–Crippen LogP) is 3.58. The molecule has 0 radical (unpaired) electrons. The molecule has 0 saturated carbocycles. The van der Waals surface area contributed by atoms with Crippen LogP contribution in [0.15, 0.2) is 42.6 Å². The minimum Gasteiger partial charge on any atom is -0.378 e. The van der Waals surface area contributed by atoms with Crippen LogP contribution in [0.3, 0.4) is 0 Å². The second-order valence-corrected chi connectivity index (χ2v) is 6.49. The van der Waals surface area contributed by atoms with Gasteiger partial charge >= 0.3 is 0 Å². The Labute approximate surface area is 147 Å². The van der Waals surface area contributed by atoms with Crippen molar-refractivity contribution in [3.05, 3.63) is 52.1 Å². The van der Waals surface area contributed by atoms with Crippen molar-refractivity contribution in [2.45, 2.75) is 0 Å². The Morgan fingerprint density at radius 1 is 1.04 bits per heavy atom. The molecule has 3 heterocycles. The number of hydrogen-bond donors (Lipinski definition) is 0. The molecule has 0 N–H and O–H groups in total. The van der Waals surface area contributed by atoms with E-state index in [9.17, 15) is 4.39 Å². The van der Waals surface area contributed by atoms with Crippen LogP contribution in [0.25, 0.3) is 16.9 Å². The molecule has 118 valence electrons. The second-order valence-electron chi connectivity index (χ2n) is 5.47. The summed E-state index contributed by atoms with van der Waals surface area (Å²) >= 11 is 2.30. The molecular weight excluding hydrogens is 408 g/mol. The quantitative estimate of drug-likeness (QED) is 0.591. The van der Waals surface area contributed by atoms with Gasteiger partial charge in [0.2, 0.25) is 0 Å². The average Bonchev–Trinajstić information content (AvgIpc) is 2.93. The Balaban J connectivity index is 1.76. The Hall–Kier alpha value is -1.67. The first kappa shape index (κ1) is 14.9. The van der Waals surface area contributed by atoms with Gasteiger partial charge in [-0.05, 0) is 59.0 Å². The van der Waals surface area contributed by atoms with Gasteiger partial charge in [-0.15, -0.1) is 0 Å². The van der Waals surface area contributed by atoms with Crippen molar-refractivity contribution < 1.29 is 9.13 Å². The lowest BCUT2D eigenvalue weighted by atomic mass is 10.2. The number of imidazole rings is 1. The molecule has 23 heavy (non-hydrogen) atoms. The predicted molar refractivity (Wildman–Crippen MR) is 96.3 cm³/mol. The zero-order chi connectivity index (χ0) is 15.8. The van der Waals surface area contributed by atoms with E-state index in [0.29, 0.717) is 0 Å². The minimum atomic E-state index is -0.234. The molecular formula is C17H15FIN3O. The normalized spacial score (nSPS) is 15.3. The van der Waals surface area contributed by atoms with Crippen molar-refractivity contribution in [2.24, 2.45) is 0 Å². The van der Waals surface area contributed by atoms with Crippen LogP contribution in [0.1, 0.15) is 0 Å². The smallest absolute Gasteiger partial charge is 0.138 e. The third kappa shape index (κ3) is 2.81. The zero-order valence-electron chi connectivity index (χ0n) is 12.4. The van der Waals surface area contributed by atoms with Gasteiger partial charge in [0.15, 0.2) is 0 Å². The Kier molecular flexibility index (Phi) is 3.94. The van der Waals surface area contributed by atoms with E-state index in [4.69, 9.17) is 4.74 Å². The van der Waals surface area contributed by atoms with Crippen molar-refractivity contribution >= 4 is 33.9 Å². The maximum Gasteiger partial charge on any atom is 0.138 e. The van der Waals surface area contributed by atoms with Gasteiger partial charge < -0.3 is 9.64 Å². The summed E-state index contributed by atoms with van der Waals surface area (Å²) in [5.41, 5.74) is 3.87. The number of hydrogen-bond acceptors (Lipinski definition) is 3. The summed E-state index contributed by atoms with van der Waals surface area (Å²) in [6, 6.07) is 10.6. The molecule has 4 rings (SSSR count). The standard InChI is InChI=1S/C17H15FIN3O/c18-13-3-1-12(2-4-13)16-17(19)22-11-14(5-6-15(22)20-16)21-7-9-23-10-8-21/h1-6,11H,7-10H2. The average molecular weight is 423 g/mol. The van der Waals surface area contributed by atoms with Gasteiger partial charge in [-0.1, -0.05) is 0 Å². The fourth-order valence-electron chi connectivity index (χ4n) is 2.80. The number of fused-ring (bicyclic) bond motifs is 1. The Morgan fingerprint density at radius 3 is 2.52 bits per heavy atom. The summed E-state index contributed by atoms with van der Waals surface area (Å²) in [7, 11) is 0. The van der Waals surface area contributed by atoms with E-state index in [2.05, 4.69) is 49.1 Å². The van der Waals surface area contributed by atoms with Crippen LogP contribution in [0.5, 0.6) is 0 Å². The largest absolute Gasteiger partial charge is 0.378 e. The van der Waals surface area contributed by atoms with Crippen molar-refractivity contribution in [3.8, 4) is 11.3 Å². The molecule has 0 unspecified atom stereocenters. The second kappa shape index (κ2) is 6.09. The molecule has 0 aliphatic carbocycles. The van der Waals surface area contributed by atoms with Crippen LogP contribution in [0, 0.1) is 9.52 Å². The molecule has 1 aliphatic rings. The molecule has 0 spiro atoms. The van der Waals surface area contributed by atoms with E-state index in [1.807, 2.05) is 6.07 Å². The van der Waals surface area contributed by atoms with Gasteiger partial charge in [0, 0.05) is 24.8 Å². The van der Waals surface area contributed by atoms with Crippen LogP contribution in [-0.2, 0) is 4.74 Å². The van der Waals surface area contributed by atoms with E-state index in [0.717, 1.165) is 46.9 Å². The highest BCUT2D eigenvalue weighted by atomic mass is 127. The zero-order valence-corrected chi connectivity index (χ0v) is 14.5. The minimum absolute atomic E-state index is 0.234. The van der Waals surface area contributed by atoms with Crippen LogP contribution in [-0.4, -0.2) is 35.7 Å². The number of nitrogens with zero attached hydrogens (tertiary/aromatic N) is 3. The van der Waals surface area contributed by atoms with E-state index < -0.39 is 0 Å². The SMILES string of the molecule is Fc1ccc(-c2nc3ccc(N4CCOCC4)cn3c2I)cc1. The third-order valence-electron chi connectivity index (χ3n) is 4.04. The highest BCUT2D eigenvalue weighted by Crippen LogP contribution is 2.28. The Morgan fingerprint density at radius 2 is 1.78 bits per heavy atom. The summed E-state index contributed by atoms with van der Waals surface area (Å²) in [5.74, 6) is -0.234. The van der Waals surface area contributed by atoms with E-state index in [1.165, 1.54) is 17.8 Å². The molecule has 3 aromatic rings. The number of halogens is 2. The van der Waals surface area contributed by atoms with Crippen molar-refractivity contribution in [1.29, 1.82) is 0 Å². The first-order valence-corrected chi connectivity index (χ1v) is 8.56. The molecule has 0 amide bonds. The highest BCUT2D eigenvalue weighted by molar-refractivity contribution is 14.1. The van der Waals surface area contributed by atoms with Gasteiger partial charge in [0.05, 0.1) is 18.9 Å². The number of aromatic nitrogens is 2. The summed E-state index contributed by atoms with van der Waals surface area (Å²) in [4.78, 5) is 7.00. The van der Waals surface area contributed by atoms with Crippen LogP contribution in [0.2, 0.25) is 0 Å². The number of ether oxygens (including phenoxy) is 1. The maximum absolute atomic E-state index is 13.1. The van der Waals surface area contributed by atoms with Crippen LogP contribution < -0.4 is 4.90 Å². The summed E-state index contributed by atoms with van der Waals surface area (Å²) in [6.07, 6.45) is 2.11. The fraction of sp³-hybridized carbons (Fsp3) is 0.235. The first-order chi connectivity index (χ1) is 11.2. The lowest BCUT2D eigenvalue weighted by Crippen LogP contribution is -2.36. The topological polar surface area (TPSA) is 29.8 Å². The number of anilines is 1. The molecule has 0 bridgehead atoms. The van der Waals surface area contributed by atoms with E-state index >= 15 is 0 Å². The Bertz CT molecular complexity index is 841. The molecule has 1 aromatic carbocycles. The summed E-state index contributed by atoms with van der Waals surface area (Å²) in [6.45, 7) is 3.34. The summed E-state index contributed by atoms with van der Waals surface area (Å²) < 4.78 is 21.6. The van der Waals surface area contributed by atoms with Crippen molar-refractivity contribution in [2.75, 3.05) is 31.2 Å². The van der Waals surface area contributed by atoms with Gasteiger partial charge in [-0.25, -0.2) is 9.37 Å². The molecule has 6 heteroatoms. The molecule has 4 nitrogen and oxygen atoms in total. The van der Waals surface area contributed by atoms with Crippen molar-refractivity contribution in [1.82, 2.24) is 9.38 Å². The van der Waals surface area contributed by atoms with E-state index in [1.54, 1.807) is 12.1 Å². The molecule has 0 atom stereocenters. The van der Waals surface area contributed by atoms with Gasteiger partial charge in [0.25, 0.3) is 0 Å². The molecule has 1 fully saturated rings. The van der Waals surface area contributed by atoms with Crippen molar-refractivity contribution in [3.63, 3.8) is 0 Å². The van der Waals surface area contributed by atoms with Gasteiger partial charge in [-0.3, -0.25) is 4.40 Å². The number of pyridine rings is 1. The lowest BCUT2D eigenvalue weighted by molar-refractivity contribution is 0.122. The number of morpholine rings is 1. The lowest BCUT2D eigenvalue weighted by Gasteiger charge is -2.28. The molecule has 1 aliphatic heterocycles. The molecule has 1 saturated heterocycles. The third-order valence-corrected chi connectivity index (χ3v) is 5.07. The van der Waals surface area contributed by atoms with Gasteiger partial charge in [0.1, 0.15) is 20.9 Å². The first-order valence-electron chi connectivity index (χ1n) is 7.48. The maximum atomic E-state index is 13.1. The number of rotatable bonds is 2.